The zero-order valence-electron chi connectivity index (χ0n) is 15.0. The van der Waals surface area contributed by atoms with Crippen LogP contribution in [0, 0.1) is 13.8 Å². The van der Waals surface area contributed by atoms with Gasteiger partial charge in [0.05, 0.1) is 11.3 Å². The van der Waals surface area contributed by atoms with E-state index in [4.69, 9.17) is 9.26 Å². The maximum absolute atomic E-state index is 12.5. The number of rotatable bonds is 6. The molecular formula is C18H22N2O4S. The average Bonchev–Trinajstić information content (AvgIpc) is 2.90. The first kappa shape index (κ1) is 19.1. The van der Waals surface area contributed by atoms with Crippen molar-refractivity contribution >= 4 is 23.6 Å². The number of hydrogen-bond acceptors (Lipinski definition) is 6. The first-order valence-electron chi connectivity index (χ1n) is 7.87. The third-order valence-electron chi connectivity index (χ3n) is 3.73. The minimum Gasteiger partial charge on any atom is -0.449 e. The van der Waals surface area contributed by atoms with Crippen LogP contribution in [0.4, 0.5) is 0 Å². The van der Waals surface area contributed by atoms with Crippen molar-refractivity contribution in [3.63, 3.8) is 0 Å². The molecule has 0 radical (unpaired) electrons. The number of ether oxygens (including phenoxy) is 1. The Labute approximate surface area is 151 Å². The molecule has 0 aliphatic rings. The fourth-order valence-electron chi connectivity index (χ4n) is 2.26. The second-order valence-corrected chi connectivity index (χ2v) is 6.88. The number of thioether (sulfide) groups is 1. The van der Waals surface area contributed by atoms with E-state index in [2.05, 4.69) is 5.16 Å². The number of aryl methyl sites for hydroxylation is 2. The molecule has 2 rings (SSSR count). The molecule has 6 nitrogen and oxygen atoms in total. The van der Waals surface area contributed by atoms with Crippen LogP contribution in [-0.4, -0.2) is 42.1 Å². The Hall–Kier alpha value is -2.28. The highest BCUT2D eigenvalue weighted by Gasteiger charge is 2.22. The van der Waals surface area contributed by atoms with Gasteiger partial charge >= 0.3 is 5.97 Å². The van der Waals surface area contributed by atoms with Crippen LogP contribution in [0.25, 0.3) is 0 Å². The lowest BCUT2D eigenvalue weighted by Gasteiger charge is -2.18. The molecule has 25 heavy (non-hydrogen) atoms. The summed E-state index contributed by atoms with van der Waals surface area (Å²) in [5, 5.41) is 3.94. The SMILES string of the molecule is Cc1noc(C)c1CSc1ccccc1C(=O)O[C@@H](C)C(=O)N(C)C. The molecule has 1 aromatic carbocycles. The van der Waals surface area contributed by atoms with E-state index in [0.717, 1.165) is 21.9 Å². The van der Waals surface area contributed by atoms with Crippen molar-refractivity contribution in [3.05, 3.63) is 46.8 Å². The molecule has 0 N–H and O–H groups in total. The highest BCUT2D eigenvalue weighted by atomic mass is 32.2. The quantitative estimate of drug-likeness (QED) is 0.580. The Bertz CT molecular complexity index is 751. The number of esters is 1. The van der Waals surface area contributed by atoms with Crippen molar-refractivity contribution in [1.82, 2.24) is 10.1 Å². The molecule has 0 saturated heterocycles. The second kappa shape index (κ2) is 8.20. The van der Waals surface area contributed by atoms with Gasteiger partial charge < -0.3 is 14.2 Å². The summed E-state index contributed by atoms with van der Waals surface area (Å²) < 4.78 is 10.5. The van der Waals surface area contributed by atoms with Gasteiger partial charge in [-0.3, -0.25) is 4.79 Å². The molecule has 1 amide bonds. The summed E-state index contributed by atoms with van der Waals surface area (Å²) in [4.78, 5) is 26.5. The summed E-state index contributed by atoms with van der Waals surface area (Å²) in [7, 11) is 3.25. The zero-order chi connectivity index (χ0) is 18.6. The number of hydrogen-bond donors (Lipinski definition) is 0. The molecule has 1 heterocycles. The molecular weight excluding hydrogens is 340 g/mol. The van der Waals surface area contributed by atoms with E-state index in [1.54, 1.807) is 33.2 Å². The highest BCUT2D eigenvalue weighted by molar-refractivity contribution is 7.98. The zero-order valence-corrected chi connectivity index (χ0v) is 15.8. The number of carbonyl (C=O) groups is 2. The van der Waals surface area contributed by atoms with E-state index in [1.165, 1.54) is 16.7 Å². The van der Waals surface area contributed by atoms with Crippen LogP contribution in [0.2, 0.25) is 0 Å². The molecule has 0 saturated carbocycles. The van der Waals surface area contributed by atoms with Crippen molar-refractivity contribution in [1.29, 1.82) is 0 Å². The van der Waals surface area contributed by atoms with Crippen molar-refractivity contribution < 1.29 is 18.8 Å². The van der Waals surface area contributed by atoms with Gasteiger partial charge in [-0.2, -0.15) is 0 Å². The maximum atomic E-state index is 12.5. The largest absolute Gasteiger partial charge is 0.449 e. The fraction of sp³-hybridized carbons (Fsp3) is 0.389. The molecule has 1 aromatic heterocycles. The topological polar surface area (TPSA) is 72.6 Å². The van der Waals surface area contributed by atoms with Gasteiger partial charge in [-0.1, -0.05) is 17.3 Å². The Kier molecular flexibility index (Phi) is 6.25. The minimum atomic E-state index is -0.830. The van der Waals surface area contributed by atoms with Crippen LogP contribution in [0.1, 0.15) is 34.3 Å². The summed E-state index contributed by atoms with van der Waals surface area (Å²) in [5.41, 5.74) is 2.30. The first-order valence-corrected chi connectivity index (χ1v) is 8.85. The van der Waals surface area contributed by atoms with Gasteiger partial charge in [0.25, 0.3) is 5.91 Å². The smallest absolute Gasteiger partial charge is 0.340 e. The Morgan fingerprint density at radius 3 is 2.56 bits per heavy atom. The van der Waals surface area contributed by atoms with Gasteiger partial charge in [0.1, 0.15) is 5.76 Å². The molecule has 1 atom stereocenters. The standard InChI is InChI=1S/C18H22N2O4S/c1-11-15(12(2)24-19-11)10-25-16-9-7-6-8-14(16)18(22)23-13(3)17(21)20(4)5/h6-9,13H,10H2,1-5H3/t13-/m0/s1. The monoisotopic (exact) mass is 362 g/mol. The molecule has 0 bridgehead atoms. The van der Waals surface area contributed by atoms with E-state index in [0.29, 0.717) is 11.3 Å². The molecule has 0 fully saturated rings. The molecule has 0 aliphatic heterocycles. The molecule has 0 spiro atoms. The molecule has 2 aromatic rings. The third-order valence-corrected chi connectivity index (χ3v) is 4.83. The van der Waals surface area contributed by atoms with Crippen LogP contribution in [0.15, 0.2) is 33.7 Å². The Morgan fingerprint density at radius 1 is 1.28 bits per heavy atom. The summed E-state index contributed by atoms with van der Waals surface area (Å²) in [5.74, 6) is 0.645. The third kappa shape index (κ3) is 4.63. The summed E-state index contributed by atoms with van der Waals surface area (Å²) >= 11 is 1.51. The first-order chi connectivity index (χ1) is 11.8. The van der Waals surface area contributed by atoms with Gasteiger partial charge in [0.15, 0.2) is 6.10 Å². The van der Waals surface area contributed by atoms with Crippen LogP contribution in [-0.2, 0) is 15.3 Å². The summed E-state index contributed by atoms with van der Waals surface area (Å²) in [6, 6.07) is 7.19. The maximum Gasteiger partial charge on any atom is 0.340 e. The summed E-state index contributed by atoms with van der Waals surface area (Å²) in [6.45, 7) is 5.32. The lowest BCUT2D eigenvalue weighted by molar-refractivity contribution is -0.137. The van der Waals surface area contributed by atoms with Crippen LogP contribution < -0.4 is 0 Å². The van der Waals surface area contributed by atoms with E-state index >= 15 is 0 Å². The van der Waals surface area contributed by atoms with Crippen LogP contribution >= 0.6 is 11.8 Å². The van der Waals surface area contributed by atoms with Gasteiger partial charge in [0, 0.05) is 30.3 Å². The van der Waals surface area contributed by atoms with Gasteiger partial charge in [-0.25, -0.2) is 4.79 Å². The number of amides is 1. The summed E-state index contributed by atoms with van der Waals surface area (Å²) in [6.07, 6.45) is -0.830. The van der Waals surface area contributed by atoms with E-state index < -0.39 is 12.1 Å². The number of carbonyl (C=O) groups excluding carboxylic acids is 2. The normalized spacial score (nSPS) is 11.9. The van der Waals surface area contributed by atoms with Crippen molar-refractivity contribution in [2.75, 3.05) is 14.1 Å². The number of benzene rings is 1. The minimum absolute atomic E-state index is 0.255. The predicted molar refractivity (Wildman–Crippen MR) is 95.6 cm³/mol. The van der Waals surface area contributed by atoms with Gasteiger partial charge in [-0.05, 0) is 32.9 Å². The highest BCUT2D eigenvalue weighted by Crippen LogP contribution is 2.29. The molecule has 134 valence electrons. The number of nitrogens with zero attached hydrogens (tertiary/aromatic N) is 2. The van der Waals surface area contributed by atoms with Crippen molar-refractivity contribution in [3.8, 4) is 0 Å². The van der Waals surface area contributed by atoms with E-state index in [9.17, 15) is 9.59 Å². The Morgan fingerprint density at radius 2 is 1.96 bits per heavy atom. The average molecular weight is 362 g/mol. The fourth-order valence-corrected chi connectivity index (χ4v) is 3.45. The van der Waals surface area contributed by atoms with E-state index in [-0.39, 0.29) is 5.91 Å². The van der Waals surface area contributed by atoms with Gasteiger partial charge in [0.2, 0.25) is 0 Å². The second-order valence-electron chi connectivity index (χ2n) is 5.87. The molecule has 0 aliphatic carbocycles. The van der Waals surface area contributed by atoms with Crippen molar-refractivity contribution in [2.24, 2.45) is 0 Å². The van der Waals surface area contributed by atoms with E-state index in [1.807, 2.05) is 26.0 Å². The Balaban J connectivity index is 2.12. The van der Waals surface area contributed by atoms with Crippen LogP contribution in [0.3, 0.4) is 0 Å². The lowest BCUT2D eigenvalue weighted by atomic mass is 10.2. The van der Waals surface area contributed by atoms with Gasteiger partial charge in [-0.15, -0.1) is 11.8 Å². The molecule has 0 unspecified atom stereocenters. The van der Waals surface area contributed by atoms with Crippen LogP contribution in [0.5, 0.6) is 0 Å². The number of likely N-dealkylation sites (N-methyl/N-ethyl adjacent to an activating group) is 1. The lowest BCUT2D eigenvalue weighted by Crippen LogP contribution is -2.35. The van der Waals surface area contributed by atoms with Crippen molar-refractivity contribution in [2.45, 2.75) is 37.5 Å². The molecule has 7 heteroatoms. The number of aromatic nitrogens is 1. The predicted octanol–water partition coefficient (Wildman–Crippen LogP) is 3.22.